The minimum absolute atomic E-state index is 0.118. The van der Waals surface area contributed by atoms with Crippen molar-refractivity contribution in [2.75, 3.05) is 0 Å². The lowest BCUT2D eigenvalue weighted by Crippen LogP contribution is -2.33. The third-order valence-electron chi connectivity index (χ3n) is 2.85. The second kappa shape index (κ2) is 5.03. The van der Waals surface area contributed by atoms with Gasteiger partial charge in [-0.15, -0.1) is 0 Å². The van der Waals surface area contributed by atoms with E-state index in [4.69, 9.17) is 0 Å². The van der Waals surface area contributed by atoms with E-state index in [1.165, 1.54) is 6.20 Å². The molecule has 0 bridgehead atoms. The molecule has 1 atom stereocenters. The molecule has 0 saturated heterocycles. The number of carbonyl (C=O) groups is 1. The predicted molar refractivity (Wildman–Crippen MR) is 66.8 cm³/mol. The van der Waals surface area contributed by atoms with E-state index >= 15 is 0 Å². The number of aromatic nitrogens is 4. The predicted octanol–water partition coefficient (Wildman–Crippen LogP) is 1.27. The Morgan fingerprint density at radius 1 is 1.50 bits per heavy atom. The fourth-order valence-electron chi connectivity index (χ4n) is 1.81. The fourth-order valence-corrected chi connectivity index (χ4v) is 1.81. The van der Waals surface area contributed by atoms with Crippen LogP contribution in [0.4, 0.5) is 0 Å². The van der Waals surface area contributed by atoms with Gasteiger partial charge in [-0.05, 0) is 5.92 Å². The van der Waals surface area contributed by atoms with Crippen molar-refractivity contribution in [1.29, 1.82) is 0 Å². The highest BCUT2D eigenvalue weighted by Gasteiger charge is 2.22. The van der Waals surface area contributed by atoms with Crippen molar-refractivity contribution in [1.82, 2.24) is 25.1 Å². The SMILES string of the molecule is CC(C)[C@@H](NC(=O)c1cn[nH]c1)c1nccn1C. The molecule has 6 heteroatoms. The standard InChI is InChI=1S/C12H17N5O/c1-8(2)10(11-13-4-5-17(11)3)16-12(18)9-6-14-15-7-9/h4-8,10H,1-3H3,(H,14,15)(H,16,18)/t10-/m1/s1. The van der Waals surface area contributed by atoms with Gasteiger partial charge in [0.15, 0.2) is 0 Å². The summed E-state index contributed by atoms with van der Waals surface area (Å²) in [5, 5.41) is 9.38. The van der Waals surface area contributed by atoms with Gasteiger partial charge in [0.2, 0.25) is 0 Å². The molecule has 1 amide bonds. The van der Waals surface area contributed by atoms with Crippen LogP contribution < -0.4 is 5.32 Å². The molecule has 0 fully saturated rings. The van der Waals surface area contributed by atoms with Crippen molar-refractivity contribution in [3.63, 3.8) is 0 Å². The molecule has 2 N–H and O–H groups in total. The Kier molecular flexibility index (Phi) is 3.45. The van der Waals surface area contributed by atoms with Crippen LogP contribution in [0, 0.1) is 5.92 Å². The van der Waals surface area contributed by atoms with Crippen LogP contribution in [-0.4, -0.2) is 25.7 Å². The Labute approximate surface area is 105 Å². The zero-order valence-electron chi connectivity index (χ0n) is 10.7. The molecule has 0 aromatic carbocycles. The molecule has 96 valence electrons. The molecule has 0 aliphatic rings. The van der Waals surface area contributed by atoms with E-state index in [1.54, 1.807) is 12.4 Å². The van der Waals surface area contributed by atoms with Crippen LogP contribution in [0.3, 0.4) is 0 Å². The Balaban J connectivity index is 2.18. The highest BCUT2D eigenvalue weighted by Crippen LogP contribution is 2.20. The number of hydrogen-bond acceptors (Lipinski definition) is 3. The third-order valence-corrected chi connectivity index (χ3v) is 2.85. The molecule has 0 spiro atoms. The number of H-pyrrole nitrogens is 1. The van der Waals surface area contributed by atoms with Gasteiger partial charge >= 0.3 is 0 Å². The number of aromatic amines is 1. The Morgan fingerprint density at radius 3 is 2.78 bits per heavy atom. The molecule has 2 aromatic rings. The zero-order chi connectivity index (χ0) is 13.1. The van der Waals surface area contributed by atoms with Crippen LogP contribution in [0.2, 0.25) is 0 Å². The van der Waals surface area contributed by atoms with Crippen molar-refractivity contribution in [2.24, 2.45) is 13.0 Å². The quantitative estimate of drug-likeness (QED) is 0.854. The van der Waals surface area contributed by atoms with Gasteiger partial charge in [0, 0.05) is 25.6 Å². The normalized spacial score (nSPS) is 12.7. The van der Waals surface area contributed by atoms with E-state index in [0.29, 0.717) is 5.56 Å². The van der Waals surface area contributed by atoms with E-state index in [1.807, 2.05) is 17.8 Å². The van der Waals surface area contributed by atoms with Gasteiger partial charge in [-0.2, -0.15) is 5.10 Å². The second-order valence-corrected chi connectivity index (χ2v) is 4.58. The summed E-state index contributed by atoms with van der Waals surface area (Å²) in [5.74, 6) is 0.953. The number of nitrogens with one attached hydrogen (secondary N) is 2. The van der Waals surface area contributed by atoms with Crippen LogP contribution in [0.1, 0.15) is 36.1 Å². The summed E-state index contributed by atoms with van der Waals surface area (Å²) < 4.78 is 1.92. The minimum Gasteiger partial charge on any atom is -0.342 e. The molecule has 2 rings (SSSR count). The van der Waals surface area contributed by atoms with Gasteiger partial charge in [-0.25, -0.2) is 4.98 Å². The number of imidazole rings is 1. The van der Waals surface area contributed by atoms with E-state index < -0.39 is 0 Å². The third kappa shape index (κ3) is 2.42. The number of rotatable bonds is 4. The number of hydrogen-bond donors (Lipinski definition) is 2. The van der Waals surface area contributed by atoms with Crippen LogP contribution in [-0.2, 0) is 7.05 Å². The van der Waals surface area contributed by atoms with Gasteiger partial charge in [-0.1, -0.05) is 13.8 Å². The van der Waals surface area contributed by atoms with Crippen LogP contribution in [0.5, 0.6) is 0 Å². The number of nitrogens with zero attached hydrogens (tertiary/aromatic N) is 3. The molecule has 0 radical (unpaired) electrons. The molecule has 2 heterocycles. The molecule has 2 aromatic heterocycles. The largest absolute Gasteiger partial charge is 0.342 e. The topological polar surface area (TPSA) is 75.6 Å². The first-order valence-corrected chi connectivity index (χ1v) is 5.86. The van der Waals surface area contributed by atoms with E-state index in [0.717, 1.165) is 5.82 Å². The average molecular weight is 247 g/mol. The lowest BCUT2D eigenvalue weighted by atomic mass is 10.0. The molecule has 0 aliphatic carbocycles. The summed E-state index contributed by atoms with van der Waals surface area (Å²) in [4.78, 5) is 16.3. The Morgan fingerprint density at radius 2 is 2.28 bits per heavy atom. The fraction of sp³-hybridized carbons (Fsp3) is 0.417. The summed E-state index contributed by atoms with van der Waals surface area (Å²) >= 11 is 0. The summed E-state index contributed by atoms with van der Waals surface area (Å²) in [7, 11) is 1.92. The second-order valence-electron chi connectivity index (χ2n) is 4.58. The first-order chi connectivity index (χ1) is 8.59. The summed E-state index contributed by atoms with van der Waals surface area (Å²) in [6, 6.07) is -0.118. The van der Waals surface area contributed by atoms with E-state index in [9.17, 15) is 4.79 Å². The molecule has 0 aliphatic heterocycles. The molecule has 6 nitrogen and oxygen atoms in total. The molecular formula is C12H17N5O. The average Bonchev–Trinajstić information content (AvgIpc) is 2.96. The monoisotopic (exact) mass is 247 g/mol. The maximum absolute atomic E-state index is 12.0. The maximum Gasteiger partial charge on any atom is 0.255 e. The lowest BCUT2D eigenvalue weighted by Gasteiger charge is -2.21. The Bertz CT molecular complexity index is 514. The van der Waals surface area contributed by atoms with Crippen molar-refractivity contribution in [3.8, 4) is 0 Å². The van der Waals surface area contributed by atoms with Crippen molar-refractivity contribution in [3.05, 3.63) is 36.2 Å². The highest BCUT2D eigenvalue weighted by atomic mass is 16.1. The first-order valence-electron chi connectivity index (χ1n) is 5.86. The summed E-state index contributed by atoms with van der Waals surface area (Å²) in [6.07, 6.45) is 6.68. The lowest BCUT2D eigenvalue weighted by molar-refractivity contribution is 0.0922. The van der Waals surface area contributed by atoms with Gasteiger partial charge in [0.25, 0.3) is 5.91 Å². The minimum atomic E-state index is -0.148. The summed E-state index contributed by atoms with van der Waals surface area (Å²) in [5.41, 5.74) is 0.523. The maximum atomic E-state index is 12.0. The van der Waals surface area contributed by atoms with Crippen LogP contribution in [0.15, 0.2) is 24.8 Å². The number of aryl methyl sites for hydroxylation is 1. The van der Waals surface area contributed by atoms with Gasteiger partial charge < -0.3 is 9.88 Å². The smallest absolute Gasteiger partial charge is 0.255 e. The molecule has 0 unspecified atom stereocenters. The van der Waals surface area contributed by atoms with Gasteiger partial charge in [0.1, 0.15) is 5.82 Å². The van der Waals surface area contributed by atoms with Crippen molar-refractivity contribution >= 4 is 5.91 Å². The zero-order valence-corrected chi connectivity index (χ0v) is 10.7. The van der Waals surface area contributed by atoms with Crippen molar-refractivity contribution < 1.29 is 4.79 Å². The number of carbonyl (C=O) groups excluding carboxylic acids is 1. The highest BCUT2D eigenvalue weighted by molar-refractivity contribution is 5.93. The van der Waals surface area contributed by atoms with Crippen molar-refractivity contribution in [2.45, 2.75) is 19.9 Å². The Hall–Kier alpha value is -2.11. The van der Waals surface area contributed by atoms with Crippen LogP contribution >= 0.6 is 0 Å². The van der Waals surface area contributed by atoms with E-state index in [2.05, 4.69) is 34.3 Å². The molecule has 18 heavy (non-hydrogen) atoms. The number of amides is 1. The van der Waals surface area contributed by atoms with E-state index in [-0.39, 0.29) is 17.9 Å². The first kappa shape index (κ1) is 12.3. The van der Waals surface area contributed by atoms with Gasteiger partial charge in [-0.3, -0.25) is 9.89 Å². The molecular weight excluding hydrogens is 230 g/mol. The van der Waals surface area contributed by atoms with Crippen LogP contribution in [0.25, 0.3) is 0 Å². The molecule has 0 saturated carbocycles. The summed E-state index contributed by atoms with van der Waals surface area (Å²) in [6.45, 7) is 4.10. The van der Waals surface area contributed by atoms with Gasteiger partial charge in [0.05, 0.1) is 17.8 Å².